The molecule has 1 aliphatic heterocycles. The van der Waals surface area contributed by atoms with E-state index in [0.29, 0.717) is 5.56 Å². The van der Waals surface area contributed by atoms with Gasteiger partial charge in [-0.25, -0.2) is 8.42 Å². The molecular formula is C17H17N3O6S. The third-order valence-electron chi connectivity index (χ3n) is 4.24. The molecule has 142 valence electrons. The molecule has 2 aromatic rings. The first-order valence-electron chi connectivity index (χ1n) is 8.00. The van der Waals surface area contributed by atoms with Gasteiger partial charge in [0.25, 0.3) is 21.6 Å². The summed E-state index contributed by atoms with van der Waals surface area (Å²) in [7, 11) is -2.73. The summed E-state index contributed by atoms with van der Waals surface area (Å²) in [5.74, 6) is -0.234. The van der Waals surface area contributed by atoms with Gasteiger partial charge in [0.2, 0.25) is 0 Å². The fraction of sp³-hybridized carbons (Fsp3) is 0.235. The van der Waals surface area contributed by atoms with Crippen molar-refractivity contribution in [3.63, 3.8) is 0 Å². The average molecular weight is 391 g/mol. The number of nitrogens with zero attached hydrogens (tertiary/aromatic N) is 2. The summed E-state index contributed by atoms with van der Waals surface area (Å²) in [6, 6.07) is 10.1. The molecule has 0 fully saturated rings. The van der Waals surface area contributed by atoms with Gasteiger partial charge in [-0.05, 0) is 25.1 Å². The Kier molecular flexibility index (Phi) is 4.75. The smallest absolute Gasteiger partial charge is 0.273 e. The van der Waals surface area contributed by atoms with Crippen LogP contribution in [0.1, 0.15) is 5.56 Å². The van der Waals surface area contributed by atoms with Crippen LogP contribution in [0, 0.1) is 17.0 Å². The first-order valence-corrected chi connectivity index (χ1v) is 9.44. The third kappa shape index (κ3) is 3.31. The van der Waals surface area contributed by atoms with Crippen molar-refractivity contribution in [3.8, 4) is 5.75 Å². The van der Waals surface area contributed by atoms with Crippen LogP contribution in [0.3, 0.4) is 0 Å². The van der Waals surface area contributed by atoms with Crippen molar-refractivity contribution in [2.24, 2.45) is 0 Å². The second kappa shape index (κ2) is 6.88. The number of benzene rings is 2. The SMILES string of the molecule is CNC(=O)C1CN(S(=O)(=O)c2ccc(C)c([N+](=O)[O-])c2)c2ccccc2O1. The number of nitrogens with one attached hydrogen (secondary N) is 1. The van der Waals surface area contributed by atoms with Gasteiger partial charge in [0, 0.05) is 18.7 Å². The maximum atomic E-state index is 13.2. The summed E-state index contributed by atoms with van der Waals surface area (Å²) in [6.45, 7) is 1.28. The molecule has 10 heteroatoms. The molecule has 0 aromatic heterocycles. The monoisotopic (exact) mass is 391 g/mol. The number of hydrogen-bond acceptors (Lipinski definition) is 6. The minimum Gasteiger partial charge on any atom is -0.476 e. The molecule has 3 rings (SSSR count). The van der Waals surface area contributed by atoms with Crippen molar-refractivity contribution in [1.29, 1.82) is 0 Å². The van der Waals surface area contributed by atoms with Crippen LogP contribution in [0.5, 0.6) is 5.75 Å². The molecule has 1 heterocycles. The Bertz CT molecular complexity index is 1020. The highest BCUT2D eigenvalue weighted by molar-refractivity contribution is 7.92. The highest BCUT2D eigenvalue weighted by atomic mass is 32.2. The van der Waals surface area contributed by atoms with E-state index >= 15 is 0 Å². The molecule has 27 heavy (non-hydrogen) atoms. The van der Waals surface area contributed by atoms with Gasteiger partial charge < -0.3 is 10.1 Å². The van der Waals surface area contributed by atoms with Gasteiger partial charge >= 0.3 is 0 Å². The highest BCUT2D eigenvalue weighted by Gasteiger charge is 2.37. The summed E-state index contributed by atoms with van der Waals surface area (Å²) in [4.78, 5) is 22.3. The van der Waals surface area contributed by atoms with Crippen LogP contribution >= 0.6 is 0 Å². The number of anilines is 1. The number of carbonyl (C=O) groups excluding carboxylic acids is 1. The quantitative estimate of drug-likeness (QED) is 0.625. The minimum atomic E-state index is -4.15. The summed E-state index contributed by atoms with van der Waals surface area (Å²) in [5.41, 5.74) is 0.325. The van der Waals surface area contributed by atoms with Crippen LogP contribution in [0.4, 0.5) is 11.4 Å². The highest BCUT2D eigenvalue weighted by Crippen LogP contribution is 2.37. The second-order valence-corrected chi connectivity index (χ2v) is 7.79. The Morgan fingerprint density at radius 2 is 2.00 bits per heavy atom. The number of amides is 1. The van der Waals surface area contributed by atoms with Gasteiger partial charge in [0.05, 0.1) is 22.1 Å². The lowest BCUT2D eigenvalue weighted by Gasteiger charge is -2.34. The number of aryl methyl sites for hydroxylation is 1. The van der Waals surface area contributed by atoms with E-state index in [-0.39, 0.29) is 28.6 Å². The van der Waals surface area contributed by atoms with Gasteiger partial charge in [0.1, 0.15) is 5.75 Å². The normalized spacial score (nSPS) is 16.2. The van der Waals surface area contributed by atoms with E-state index < -0.39 is 27.0 Å². The molecule has 0 aliphatic carbocycles. The van der Waals surface area contributed by atoms with E-state index in [1.54, 1.807) is 24.3 Å². The molecule has 1 aliphatic rings. The molecule has 0 saturated heterocycles. The number of para-hydroxylation sites is 2. The van der Waals surface area contributed by atoms with Gasteiger partial charge in [-0.1, -0.05) is 18.2 Å². The average Bonchev–Trinajstić information content (AvgIpc) is 2.66. The van der Waals surface area contributed by atoms with Crippen molar-refractivity contribution in [1.82, 2.24) is 5.32 Å². The predicted molar refractivity (Wildman–Crippen MR) is 97.3 cm³/mol. The Labute approximate surface area is 155 Å². The summed E-state index contributed by atoms with van der Waals surface area (Å²) < 4.78 is 33.1. The molecule has 1 N–H and O–H groups in total. The zero-order valence-electron chi connectivity index (χ0n) is 14.6. The van der Waals surface area contributed by atoms with E-state index in [1.807, 2.05) is 0 Å². The van der Waals surface area contributed by atoms with Crippen LogP contribution in [0.15, 0.2) is 47.4 Å². The molecule has 9 nitrogen and oxygen atoms in total. The number of fused-ring (bicyclic) bond motifs is 1. The number of sulfonamides is 1. The van der Waals surface area contributed by atoms with Gasteiger partial charge in [-0.15, -0.1) is 0 Å². The van der Waals surface area contributed by atoms with Gasteiger partial charge in [-0.3, -0.25) is 19.2 Å². The molecule has 0 spiro atoms. The number of nitro benzene ring substituents is 1. The van der Waals surface area contributed by atoms with Crippen molar-refractivity contribution in [2.45, 2.75) is 17.9 Å². The van der Waals surface area contributed by atoms with E-state index in [9.17, 15) is 23.3 Å². The molecule has 2 aromatic carbocycles. The van der Waals surface area contributed by atoms with Crippen molar-refractivity contribution in [3.05, 3.63) is 58.1 Å². The zero-order chi connectivity index (χ0) is 19.8. The van der Waals surface area contributed by atoms with Crippen LogP contribution in [-0.4, -0.2) is 38.9 Å². The first-order chi connectivity index (χ1) is 12.8. The van der Waals surface area contributed by atoms with Crippen molar-refractivity contribution < 1.29 is 22.9 Å². The standard InChI is InChI=1S/C17H17N3O6S/c1-11-7-8-12(9-14(11)20(22)23)27(24,25)19-10-16(17(21)18-2)26-15-6-4-3-5-13(15)19/h3-9,16H,10H2,1-2H3,(H,18,21). The van der Waals surface area contributed by atoms with Gasteiger partial charge in [0.15, 0.2) is 6.10 Å². The van der Waals surface area contributed by atoms with Gasteiger partial charge in [-0.2, -0.15) is 0 Å². The Hall–Kier alpha value is -3.14. The number of rotatable bonds is 4. The van der Waals surface area contributed by atoms with Crippen LogP contribution in [0.25, 0.3) is 0 Å². The molecule has 0 radical (unpaired) electrons. The largest absolute Gasteiger partial charge is 0.476 e. The Morgan fingerprint density at radius 1 is 1.30 bits per heavy atom. The summed E-state index contributed by atoms with van der Waals surface area (Å²) in [6.07, 6.45) is -1.04. The lowest BCUT2D eigenvalue weighted by atomic mass is 10.2. The van der Waals surface area contributed by atoms with E-state index in [0.717, 1.165) is 10.4 Å². The van der Waals surface area contributed by atoms with Crippen LogP contribution in [0.2, 0.25) is 0 Å². The summed E-state index contributed by atoms with van der Waals surface area (Å²) in [5, 5.41) is 13.6. The fourth-order valence-corrected chi connectivity index (χ4v) is 4.30. The van der Waals surface area contributed by atoms with E-state index in [1.165, 1.54) is 26.1 Å². The molecule has 1 amide bonds. The maximum Gasteiger partial charge on any atom is 0.273 e. The van der Waals surface area contributed by atoms with Crippen LogP contribution in [-0.2, 0) is 14.8 Å². The topological polar surface area (TPSA) is 119 Å². The number of nitro groups is 1. The Morgan fingerprint density at radius 3 is 2.67 bits per heavy atom. The number of hydrogen-bond donors (Lipinski definition) is 1. The molecule has 1 atom stereocenters. The fourth-order valence-electron chi connectivity index (χ4n) is 2.80. The minimum absolute atomic E-state index is 0.229. The zero-order valence-corrected chi connectivity index (χ0v) is 15.4. The number of ether oxygens (including phenoxy) is 1. The molecule has 0 saturated carbocycles. The summed E-state index contributed by atoms with van der Waals surface area (Å²) >= 11 is 0. The van der Waals surface area contributed by atoms with E-state index in [4.69, 9.17) is 4.74 Å². The van der Waals surface area contributed by atoms with Crippen molar-refractivity contribution >= 4 is 27.3 Å². The third-order valence-corrected chi connectivity index (χ3v) is 6.01. The molecular weight excluding hydrogens is 374 g/mol. The molecule has 1 unspecified atom stereocenters. The molecule has 0 bridgehead atoms. The number of likely N-dealkylation sites (N-methyl/N-ethyl adjacent to an activating group) is 1. The maximum absolute atomic E-state index is 13.2. The van der Waals surface area contributed by atoms with Crippen molar-refractivity contribution in [2.75, 3.05) is 17.9 Å². The lowest BCUT2D eigenvalue weighted by Crippen LogP contribution is -2.50. The lowest BCUT2D eigenvalue weighted by molar-refractivity contribution is -0.385. The second-order valence-electron chi connectivity index (χ2n) is 5.93. The van der Waals surface area contributed by atoms with E-state index in [2.05, 4.69) is 5.32 Å². The Balaban J connectivity index is 2.11. The first kappa shape index (κ1) is 18.6. The number of carbonyl (C=O) groups is 1. The predicted octanol–water partition coefficient (Wildman–Crippen LogP) is 1.61. The van der Waals surface area contributed by atoms with Crippen LogP contribution < -0.4 is 14.4 Å².